The minimum absolute atomic E-state index is 0.183. The van der Waals surface area contributed by atoms with E-state index in [1.54, 1.807) is 18.2 Å². The van der Waals surface area contributed by atoms with E-state index in [1.807, 2.05) is 0 Å². The van der Waals surface area contributed by atoms with E-state index in [0.717, 1.165) is 29.7 Å². The molecule has 0 saturated carbocycles. The molecule has 0 radical (unpaired) electrons. The summed E-state index contributed by atoms with van der Waals surface area (Å²) in [6, 6.07) is 7.20. The van der Waals surface area contributed by atoms with Gasteiger partial charge in [-0.3, -0.25) is 19.3 Å². The fourth-order valence-corrected chi connectivity index (χ4v) is 5.93. The first-order chi connectivity index (χ1) is 14.6. The Labute approximate surface area is 193 Å². The molecule has 1 aromatic heterocycles. The summed E-state index contributed by atoms with van der Waals surface area (Å²) in [4.78, 5) is 39.8. The Hall–Kier alpha value is -2.50. The maximum absolute atomic E-state index is 12.8. The van der Waals surface area contributed by atoms with Crippen LogP contribution in [0, 0.1) is 22.7 Å². The molecule has 0 spiro atoms. The van der Waals surface area contributed by atoms with Crippen molar-refractivity contribution in [1.82, 2.24) is 0 Å². The number of fused-ring (bicyclic) bond motifs is 2. The number of rotatable bonds is 3. The predicted molar refractivity (Wildman–Crippen MR) is 123 cm³/mol. The normalized spacial score (nSPS) is 17.9. The number of nitrogens with one attached hydrogen (secondary N) is 1. The van der Waals surface area contributed by atoms with E-state index < -0.39 is 17.6 Å². The summed E-state index contributed by atoms with van der Waals surface area (Å²) in [6.07, 6.45) is 2.75. The second-order valence-electron chi connectivity index (χ2n) is 9.06. The topological polar surface area (TPSA) is 90.3 Å². The highest BCUT2D eigenvalue weighted by Crippen LogP contribution is 2.44. The van der Waals surface area contributed by atoms with E-state index >= 15 is 0 Å². The number of carbonyl (C=O) groups is 3. The van der Waals surface area contributed by atoms with Crippen LogP contribution in [-0.2, 0) is 22.4 Å². The van der Waals surface area contributed by atoms with Gasteiger partial charge in [0.05, 0.1) is 16.8 Å². The molecule has 2 heterocycles. The Balaban J connectivity index is 1.54. The van der Waals surface area contributed by atoms with Gasteiger partial charge in [-0.1, -0.05) is 36.7 Å². The van der Waals surface area contributed by atoms with Gasteiger partial charge in [0.15, 0.2) is 0 Å². The number of halogens is 1. The minimum atomic E-state index is -0.720. The number of anilines is 2. The number of thiophene rings is 1. The first-order valence-corrected chi connectivity index (χ1v) is 11.7. The number of hydrogen-bond donors (Lipinski definition) is 1. The van der Waals surface area contributed by atoms with Crippen LogP contribution < -0.4 is 10.2 Å². The molecule has 31 heavy (non-hydrogen) atoms. The summed E-state index contributed by atoms with van der Waals surface area (Å²) in [5.41, 5.74) is 2.44. The quantitative estimate of drug-likeness (QED) is 0.619. The smallest absolute Gasteiger partial charge is 0.299 e. The second kappa shape index (κ2) is 7.88. The molecular formula is C23H22BrN3O3S. The molecule has 1 atom stereocenters. The van der Waals surface area contributed by atoms with Gasteiger partial charge in [-0.05, 0) is 54.4 Å². The van der Waals surface area contributed by atoms with Crippen LogP contribution in [0.5, 0.6) is 0 Å². The largest absolute Gasteiger partial charge is 0.315 e. The van der Waals surface area contributed by atoms with Gasteiger partial charge >= 0.3 is 0 Å². The molecule has 160 valence electrons. The van der Waals surface area contributed by atoms with Crippen molar-refractivity contribution in [3.63, 3.8) is 0 Å². The summed E-state index contributed by atoms with van der Waals surface area (Å²) >= 11 is 4.75. The Morgan fingerprint density at radius 2 is 2.10 bits per heavy atom. The predicted octanol–water partition coefficient (Wildman–Crippen LogP) is 4.70. The van der Waals surface area contributed by atoms with E-state index in [0.29, 0.717) is 26.6 Å². The second-order valence-corrected chi connectivity index (χ2v) is 11.1. The van der Waals surface area contributed by atoms with E-state index in [-0.39, 0.29) is 17.5 Å². The van der Waals surface area contributed by atoms with Crippen molar-refractivity contribution in [3.8, 4) is 6.07 Å². The highest BCUT2D eigenvalue weighted by atomic mass is 79.9. The summed E-state index contributed by atoms with van der Waals surface area (Å²) in [6.45, 7) is 6.41. The Morgan fingerprint density at radius 1 is 1.35 bits per heavy atom. The van der Waals surface area contributed by atoms with Crippen LogP contribution in [0.3, 0.4) is 0 Å². The molecule has 0 saturated heterocycles. The number of nitrogens with zero attached hydrogens (tertiary/aromatic N) is 2. The summed E-state index contributed by atoms with van der Waals surface area (Å²) in [5.74, 6) is -1.25. The van der Waals surface area contributed by atoms with Gasteiger partial charge in [0.1, 0.15) is 17.6 Å². The van der Waals surface area contributed by atoms with Crippen molar-refractivity contribution >= 4 is 55.6 Å². The maximum Gasteiger partial charge on any atom is 0.299 e. The van der Waals surface area contributed by atoms with Crippen molar-refractivity contribution in [2.24, 2.45) is 11.3 Å². The van der Waals surface area contributed by atoms with Gasteiger partial charge in [0.2, 0.25) is 5.91 Å². The average Bonchev–Trinajstić information content (AvgIpc) is 3.16. The molecule has 6 nitrogen and oxygen atoms in total. The van der Waals surface area contributed by atoms with Gasteiger partial charge in [-0.15, -0.1) is 11.3 Å². The fourth-order valence-electron chi connectivity index (χ4n) is 4.27. The molecule has 2 amide bonds. The van der Waals surface area contributed by atoms with Gasteiger partial charge in [0.25, 0.3) is 11.7 Å². The molecule has 0 fully saturated rings. The molecule has 4 rings (SSSR count). The molecule has 1 N–H and O–H groups in total. The molecule has 8 heteroatoms. The Bertz CT molecular complexity index is 1160. The summed E-state index contributed by atoms with van der Waals surface area (Å²) in [7, 11) is 0. The first-order valence-electron chi connectivity index (χ1n) is 10.1. The van der Waals surface area contributed by atoms with Gasteiger partial charge < -0.3 is 5.32 Å². The van der Waals surface area contributed by atoms with E-state index in [1.165, 1.54) is 16.2 Å². The van der Waals surface area contributed by atoms with E-state index in [2.05, 4.69) is 48.1 Å². The van der Waals surface area contributed by atoms with Crippen molar-refractivity contribution in [2.75, 3.05) is 16.8 Å². The third-order valence-corrected chi connectivity index (χ3v) is 7.75. The molecule has 2 aromatic rings. The number of Topliss-reactive ketones (excluding diaryl/α,β-unsaturated/α-hetero) is 1. The lowest BCUT2D eigenvalue weighted by Gasteiger charge is -2.33. The maximum atomic E-state index is 12.8. The Kier molecular flexibility index (Phi) is 5.52. The van der Waals surface area contributed by atoms with Crippen LogP contribution in [0.4, 0.5) is 10.7 Å². The SMILES string of the molecule is CC(C)(C)[C@H]1CCc2c(sc(NC(=O)CN3C(=O)C(=O)c4cc(Br)ccc43)c2C#N)C1. The zero-order chi connectivity index (χ0) is 22.5. The number of ketones is 1. The summed E-state index contributed by atoms with van der Waals surface area (Å²) < 4.78 is 0.690. The number of amides is 2. The lowest BCUT2D eigenvalue weighted by Crippen LogP contribution is -2.37. The highest BCUT2D eigenvalue weighted by molar-refractivity contribution is 9.10. The van der Waals surface area contributed by atoms with Crippen molar-refractivity contribution < 1.29 is 14.4 Å². The molecule has 1 aliphatic carbocycles. The third-order valence-electron chi connectivity index (χ3n) is 6.09. The Morgan fingerprint density at radius 3 is 2.77 bits per heavy atom. The van der Waals surface area contributed by atoms with Gasteiger partial charge in [-0.25, -0.2) is 0 Å². The van der Waals surface area contributed by atoms with Crippen LogP contribution in [0.1, 0.15) is 53.6 Å². The molecule has 1 aliphatic heterocycles. The lowest BCUT2D eigenvalue weighted by atomic mass is 9.72. The highest BCUT2D eigenvalue weighted by Gasteiger charge is 2.37. The molecule has 0 bridgehead atoms. The van der Waals surface area contributed by atoms with Crippen molar-refractivity contribution in [3.05, 3.63) is 44.2 Å². The van der Waals surface area contributed by atoms with Crippen molar-refractivity contribution in [1.29, 1.82) is 5.26 Å². The van der Waals surface area contributed by atoms with Gasteiger partial charge in [0, 0.05) is 9.35 Å². The van der Waals surface area contributed by atoms with Crippen LogP contribution in [0.25, 0.3) is 0 Å². The first kappa shape index (κ1) is 21.7. The lowest BCUT2D eigenvalue weighted by molar-refractivity contribution is -0.118. The zero-order valence-corrected chi connectivity index (χ0v) is 19.9. The van der Waals surface area contributed by atoms with Crippen LogP contribution in [0.15, 0.2) is 22.7 Å². The average molecular weight is 500 g/mol. The number of hydrogen-bond acceptors (Lipinski definition) is 5. The molecule has 1 aromatic carbocycles. The summed E-state index contributed by atoms with van der Waals surface area (Å²) in [5, 5.41) is 13.1. The monoisotopic (exact) mass is 499 g/mol. The standard InChI is InChI=1S/C23H22BrN3O3S/c1-23(2,3)12-4-6-14-16(10-25)21(31-18(14)8-12)26-19(28)11-27-17-7-5-13(24)9-15(17)20(29)22(27)30/h5,7,9,12H,4,6,8,11H2,1-3H3,(H,26,28)/t12-/m0/s1. The molecule has 0 unspecified atom stereocenters. The zero-order valence-electron chi connectivity index (χ0n) is 17.5. The van der Waals surface area contributed by atoms with E-state index in [4.69, 9.17) is 0 Å². The fraction of sp³-hybridized carbons (Fsp3) is 0.391. The third kappa shape index (κ3) is 3.92. The van der Waals surface area contributed by atoms with Crippen LogP contribution in [-0.4, -0.2) is 24.1 Å². The molecular weight excluding hydrogens is 478 g/mol. The number of benzene rings is 1. The number of carbonyl (C=O) groups excluding carboxylic acids is 3. The number of nitriles is 1. The minimum Gasteiger partial charge on any atom is -0.315 e. The van der Waals surface area contributed by atoms with Crippen molar-refractivity contribution in [2.45, 2.75) is 40.0 Å². The molecule has 2 aliphatic rings. The van der Waals surface area contributed by atoms with Crippen LogP contribution >= 0.6 is 27.3 Å². The van der Waals surface area contributed by atoms with Crippen LogP contribution in [0.2, 0.25) is 0 Å². The van der Waals surface area contributed by atoms with Gasteiger partial charge in [-0.2, -0.15) is 5.26 Å². The van der Waals surface area contributed by atoms with E-state index in [9.17, 15) is 19.6 Å².